The molecule has 1 heterocycles. The minimum atomic E-state index is -0.428. The Morgan fingerprint density at radius 2 is 1.81 bits per heavy atom. The Morgan fingerprint density at radius 3 is 2.42 bits per heavy atom. The molecule has 2 N–H and O–H groups in total. The number of benzene rings is 2. The molecule has 0 bridgehead atoms. The van der Waals surface area contributed by atoms with Gasteiger partial charge in [0.2, 0.25) is 5.91 Å². The van der Waals surface area contributed by atoms with Gasteiger partial charge in [-0.2, -0.15) is 4.68 Å². The van der Waals surface area contributed by atoms with Crippen molar-refractivity contribution in [1.29, 1.82) is 0 Å². The molecule has 0 saturated heterocycles. The Kier molecular flexibility index (Phi) is 4.08. The highest BCUT2D eigenvalue weighted by Gasteiger charge is 2.35. The molecule has 1 amide bonds. The molecule has 1 aromatic heterocycles. The lowest BCUT2D eigenvalue weighted by molar-refractivity contribution is -0.122. The van der Waals surface area contributed by atoms with Crippen molar-refractivity contribution in [3.05, 3.63) is 70.4 Å². The third-order valence-electron chi connectivity index (χ3n) is 4.70. The van der Waals surface area contributed by atoms with Crippen molar-refractivity contribution in [3.63, 3.8) is 0 Å². The first-order valence-electron chi connectivity index (χ1n) is 8.27. The Morgan fingerprint density at radius 1 is 1.12 bits per heavy atom. The molecule has 1 fully saturated rings. The van der Waals surface area contributed by atoms with E-state index in [4.69, 9.17) is 0 Å². The number of amides is 1. The van der Waals surface area contributed by atoms with Gasteiger partial charge in [0.25, 0.3) is 0 Å². The molecule has 7 nitrogen and oxygen atoms in total. The van der Waals surface area contributed by atoms with Crippen molar-refractivity contribution in [3.8, 4) is 5.69 Å². The molecule has 1 aliphatic rings. The Balaban J connectivity index is 1.35. The van der Waals surface area contributed by atoms with Gasteiger partial charge in [0.15, 0.2) is 0 Å². The number of H-pyrrole nitrogens is 1. The van der Waals surface area contributed by atoms with Gasteiger partial charge >= 0.3 is 5.69 Å². The van der Waals surface area contributed by atoms with Crippen molar-refractivity contribution in [2.75, 3.05) is 5.32 Å². The van der Waals surface area contributed by atoms with Gasteiger partial charge in [-0.3, -0.25) is 4.79 Å². The first-order chi connectivity index (χ1) is 12.6. The number of hydrogen-bond donors (Lipinski definition) is 2. The number of nitrogens with zero attached hydrogens (tertiary/aromatic N) is 3. The minimum absolute atomic E-state index is 0.0327. The van der Waals surface area contributed by atoms with Crippen molar-refractivity contribution >= 4 is 11.6 Å². The summed E-state index contributed by atoms with van der Waals surface area (Å²) in [4.78, 5) is 23.8. The molecule has 132 valence electrons. The summed E-state index contributed by atoms with van der Waals surface area (Å²) in [5.74, 6) is -0.0379. The summed E-state index contributed by atoms with van der Waals surface area (Å²) in [6.45, 7) is 0. The molecule has 0 unspecified atom stereocenters. The first kappa shape index (κ1) is 16.2. The van der Waals surface area contributed by atoms with Gasteiger partial charge in [-0.25, -0.2) is 14.3 Å². The van der Waals surface area contributed by atoms with Crippen LogP contribution in [0.2, 0.25) is 0 Å². The number of aromatic nitrogens is 4. The van der Waals surface area contributed by atoms with Crippen LogP contribution in [0.4, 0.5) is 10.1 Å². The number of carbonyl (C=O) groups is 1. The van der Waals surface area contributed by atoms with E-state index in [-0.39, 0.29) is 17.6 Å². The maximum atomic E-state index is 13.0. The fourth-order valence-corrected chi connectivity index (χ4v) is 3.14. The topological polar surface area (TPSA) is 92.7 Å². The van der Waals surface area contributed by atoms with Crippen molar-refractivity contribution in [2.24, 2.45) is 5.92 Å². The van der Waals surface area contributed by atoms with E-state index in [0.717, 1.165) is 23.1 Å². The molecule has 0 radical (unpaired) electrons. The van der Waals surface area contributed by atoms with Crippen LogP contribution in [0.3, 0.4) is 0 Å². The quantitative estimate of drug-likeness (QED) is 0.752. The second kappa shape index (κ2) is 6.55. The molecule has 1 aliphatic carbocycles. The van der Waals surface area contributed by atoms with E-state index >= 15 is 0 Å². The van der Waals surface area contributed by atoms with Crippen LogP contribution in [0, 0.1) is 11.7 Å². The average molecular weight is 353 g/mol. The van der Waals surface area contributed by atoms with Crippen LogP contribution in [-0.2, 0) is 4.79 Å². The van der Waals surface area contributed by atoms with Crippen LogP contribution >= 0.6 is 0 Å². The highest BCUT2D eigenvalue weighted by molar-refractivity contribution is 5.93. The van der Waals surface area contributed by atoms with Crippen molar-refractivity contribution in [1.82, 2.24) is 20.2 Å². The second-order valence-electron chi connectivity index (χ2n) is 6.37. The Labute approximate surface area is 147 Å². The minimum Gasteiger partial charge on any atom is -0.326 e. The predicted molar refractivity (Wildman–Crippen MR) is 92.5 cm³/mol. The Hall–Kier alpha value is -3.29. The third kappa shape index (κ3) is 3.13. The highest BCUT2D eigenvalue weighted by Crippen LogP contribution is 2.42. The van der Waals surface area contributed by atoms with E-state index in [9.17, 15) is 14.0 Å². The van der Waals surface area contributed by atoms with E-state index in [0.29, 0.717) is 17.3 Å². The maximum Gasteiger partial charge on any atom is 0.365 e. The number of carbonyl (C=O) groups excluding carboxylic acids is 1. The molecule has 26 heavy (non-hydrogen) atoms. The predicted octanol–water partition coefficient (Wildman–Crippen LogP) is 2.23. The van der Waals surface area contributed by atoms with Crippen LogP contribution < -0.4 is 11.0 Å². The largest absolute Gasteiger partial charge is 0.365 e. The number of rotatable bonds is 4. The number of hydrogen-bond acceptors (Lipinski definition) is 4. The van der Waals surface area contributed by atoms with E-state index in [1.807, 2.05) is 0 Å². The lowest BCUT2D eigenvalue weighted by Gasteiger charge is -2.34. The summed E-state index contributed by atoms with van der Waals surface area (Å²) < 4.78 is 14.1. The van der Waals surface area contributed by atoms with Gasteiger partial charge in [0.05, 0.1) is 5.69 Å². The molecule has 2 aromatic carbocycles. The van der Waals surface area contributed by atoms with Crippen LogP contribution in [0.25, 0.3) is 5.69 Å². The summed E-state index contributed by atoms with van der Waals surface area (Å²) >= 11 is 0. The maximum absolute atomic E-state index is 13.0. The zero-order valence-corrected chi connectivity index (χ0v) is 13.7. The lowest BCUT2D eigenvalue weighted by Crippen LogP contribution is -2.33. The van der Waals surface area contributed by atoms with Gasteiger partial charge < -0.3 is 5.32 Å². The first-order valence-corrected chi connectivity index (χ1v) is 8.27. The summed E-state index contributed by atoms with van der Waals surface area (Å²) in [5.41, 5.74) is 1.85. The second-order valence-corrected chi connectivity index (χ2v) is 6.37. The summed E-state index contributed by atoms with van der Waals surface area (Å²) in [6.07, 6.45) is 1.51. The third-order valence-corrected chi connectivity index (χ3v) is 4.70. The zero-order chi connectivity index (χ0) is 18.1. The van der Waals surface area contributed by atoms with E-state index in [1.165, 1.54) is 12.1 Å². The monoisotopic (exact) mass is 353 g/mol. The fourth-order valence-electron chi connectivity index (χ4n) is 3.14. The van der Waals surface area contributed by atoms with Crippen LogP contribution in [0.1, 0.15) is 24.3 Å². The number of halogens is 1. The standard InChI is InChI=1S/C18H16FN5O2/c19-14-3-1-11(2-4-14)12-9-13(10-12)17(25)20-15-5-7-16(8-6-15)24-18(26)21-22-23-24/h1-8,12-13H,9-10H2,(H,20,25)(H,21,23,26). The van der Waals surface area contributed by atoms with Crippen molar-refractivity contribution in [2.45, 2.75) is 18.8 Å². The normalized spacial score (nSPS) is 19.0. The molecule has 1 saturated carbocycles. The molecule has 0 aliphatic heterocycles. The molecule has 3 aromatic rings. The van der Waals surface area contributed by atoms with Crippen LogP contribution in [0.15, 0.2) is 53.3 Å². The van der Waals surface area contributed by atoms with Gasteiger partial charge in [0.1, 0.15) is 5.82 Å². The number of anilines is 1. The van der Waals surface area contributed by atoms with Gasteiger partial charge in [-0.05, 0) is 71.1 Å². The van der Waals surface area contributed by atoms with E-state index < -0.39 is 5.69 Å². The average Bonchev–Trinajstić information content (AvgIpc) is 3.02. The molecular formula is C18H16FN5O2. The molecule has 8 heteroatoms. The Bertz CT molecular complexity index is 972. The summed E-state index contributed by atoms with van der Waals surface area (Å²) in [6, 6.07) is 13.2. The number of aromatic amines is 1. The SMILES string of the molecule is O=C(Nc1ccc(-n2nn[nH]c2=O)cc1)C1CC(c2ccc(F)cc2)C1. The van der Waals surface area contributed by atoms with Crippen LogP contribution in [-0.4, -0.2) is 26.1 Å². The van der Waals surface area contributed by atoms with Gasteiger partial charge in [0, 0.05) is 11.6 Å². The summed E-state index contributed by atoms with van der Waals surface area (Å²) in [7, 11) is 0. The number of nitrogens with one attached hydrogen (secondary N) is 2. The van der Waals surface area contributed by atoms with E-state index in [1.54, 1.807) is 36.4 Å². The molecule has 0 spiro atoms. The molecular weight excluding hydrogens is 337 g/mol. The lowest BCUT2D eigenvalue weighted by atomic mass is 9.71. The molecule has 4 rings (SSSR count). The number of tetrazole rings is 1. The van der Waals surface area contributed by atoms with E-state index in [2.05, 4.69) is 20.8 Å². The smallest absolute Gasteiger partial charge is 0.326 e. The zero-order valence-electron chi connectivity index (χ0n) is 13.7. The fraction of sp³-hybridized carbons (Fsp3) is 0.222. The summed E-state index contributed by atoms with van der Waals surface area (Å²) in [5, 5.41) is 12.2. The van der Waals surface area contributed by atoms with Gasteiger partial charge in [-0.1, -0.05) is 12.1 Å². The van der Waals surface area contributed by atoms with Crippen molar-refractivity contribution < 1.29 is 9.18 Å². The van der Waals surface area contributed by atoms with Crippen LogP contribution in [0.5, 0.6) is 0 Å². The molecule has 0 atom stereocenters. The highest BCUT2D eigenvalue weighted by atomic mass is 19.1. The van der Waals surface area contributed by atoms with Gasteiger partial charge in [-0.15, -0.1) is 0 Å².